The van der Waals surface area contributed by atoms with Crippen LogP contribution in [0.3, 0.4) is 0 Å². The van der Waals surface area contributed by atoms with E-state index in [4.69, 9.17) is 14.2 Å². The van der Waals surface area contributed by atoms with Crippen molar-refractivity contribution in [2.75, 3.05) is 32.2 Å². The second kappa shape index (κ2) is 11.5. The van der Waals surface area contributed by atoms with Crippen LogP contribution in [0, 0.1) is 6.92 Å². The monoisotopic (exact) mass is 487 g/mol. The maximum atomic E-state index is 13.0. The van der Waals surface area contributed by atoms with Crippen LogP contribution < -0.4 is 10.9 Å². The molecule has 0 aliphatic heterocycles. The molecule has 34 heavy (non-hydrogen) atoms. The van der Waals surface area contributed by atoms with Gasteiger partial charge in [0.1, 0.15) is 22.9 Å². The number of hydrogen-bond acceptors (Lipinski definition) is 9. The van der Waals surface area contributed by atoms with Crippen LogP contribution in [0.2, 0.25) is 0 Å². The van der Waals surface area contributed by atoms with Crippen molar-refractivity contribution in [3.05, 3.63) is 57.0 Å². The van der Waals surface area contributed by atoms with Gasteiger partial charge in [-0.2, -0.15) is 0 Å². The molecular weight excluding hydrogens is 462 g/mol. The number of rotatable bonds is 10. The lowest BCUT2D eigenvalue weighted by molar-refractivity contribution is -0.116. The van der Waals surface area contributed by atoms with Gasteiger partial charge in [-0.15, -0.1) is 11.3 Å². The average molecular weight is 488 g/mol. The predicted molar refractivity (Wildman–Crippen MR) is 126 cm³/mol. The summed E-state index contributed by atoms with van der Waals surface area (Å²) in [4.78, 5) is 54.8. The first kappa shape index (κ1) is 25.1. The predicted octanol–water partition coefficient (Wildman–Crippen LogP) is 2.78. The first-order valence-corrected chi connectivity index (χ1v) is 11.4. The third kappa shape index (κ3) is 5.86. The van der Waals surface area contributed by atoms with Crippen molar-refractivity contribution >= 4 is 45.1 Å². The van der Waals surface area contributed by atoms with E-state index in [1.54, 1.807) is 25.1 Å². The molecule has 180 valence electrons. The topological polar surface area (TPSA) is 126 Å². The Morgan fingerprint density at radius 2 is 1.88 bits per heavy atom. The first-order valence-electron chi connectivity index (χ1n) is 10.6. The molecule has 0 spiro atoms. The molecule has 1 aromatic carbocycles. The van der Waals surface area contributed by atoms with Crippen LogP contribution in [-0.4, -0.2) is 54.3 Å². The van der Waals surface area contributed by atoms with Crippen LogP contribution in [0.4, 0.5) is 5.69 Å². The molecular formula is C23H25N3O7S. The maximum absolute atomic E-state index is 13.0. The number of nitrogens with one attached hydrogen (secondary N) is 1. The van der Waals surface area contributed by atoms with E-state index in [0.29, 0.717) is 34.7 Å². The van der Waals surface area contributed by atoms with E-state index in [-0.39, 0.29) is 30.0 Å². The minimum absolute atomic E-state index is 0.0956. The second-order valence-electron chi connectivity index (χ2n) is 7.31. The van der Waals surface area contributed by atoms with Crippen LogP contribution >= 0.6 is 11.3 Å². The number of aryl methyl sites for hydroxylation is 1. The molecule has 1 N–H and O–H groups in total. The van der Waals surface area contributed by atoms with Crippen molar-refractivity contribution in [2.45, 2.75) is 26.8 Å². The molecule has 0 radical (unpaired) electrons. The molecule has 0 atom stereocenters. The zero-order valence-corrected chi connectivity index (χ0v) is 19.9. The van der Waals surface area contributed by atoms with Crippen LogP contribution in [0.1, 0.15) is 38.9 Å². The molecule has 0 fully saturated rings. The van der Waals surface area contributed by atoms with Gasteiger partial charge < -0.3 is 19.5 Å². The number of ether oxygens (including phenoxy) is 3. The molecule has 3 rings (SSSR count). The molecule has 10 nitrogen and oxygen atoms in total. The van der Waals surface area contributed by atoms with E-state index in [1.165, 1.54) is 19.5 Å². The van der Waals surface area contributed by atoms with Gasteiger partial charge in [-0.3, -0.25) is 14.2 Å². The fraction of sp³-hybridized carbons (Fsp3) is 0.348. The van der Waals surface area contributed by atoms with Crippen molar-refractivity contribution in [1.29, 1.82) is 0 Å². The average Bonchev–Trinajstić information content (AvgIpc) is 3.16. The normalized spacial score (nSPS) is 10.8. The third-order valence-electron chi connectivity index (χ3n) is 4.76. The number of benzene rings is 1. The van der Waals surface area contributed by atoms with Gasteiger partial charge in [0.05, 0.1) is 30.5 Å². The van der Waals surface area contributed by atoms with Gasteiger partial charge in [0.2, 0.25) is 5.91 Å². The number of fused-ring (bicyclic) bond motifs is 1. The van der Waals surface area contributed by atoms with Gasteiger partial charge in [0.25, 0.3) is 5.56 Å². The third-order valence-corrected chi connectivity index (χ3v) is 5.94. The maximum Gasteiger partial charge on any atom is 0.348 e. The summed E-state index contributed by atoms with van der Waals surface area (Å²) >= 11 is 1.06. The Labute approximate surface area is 199 Å². The molecule has 1 amide bonds. The smallest absolute Gasteiger partial charge is 0.348 e. The summed E-state index contributed by atoms with van der Waals surface area (Å²) in [5.41, 5.74) is 0.714. The molecule has 0 aliphatic carbocycles. The number of aromatic nitrogens is 2. The van der Waals surface area contributed by atoms with E-state index in [2.05, 4.69) is 10.3 Å². The molecule has 0 saturated heterocycles. The highest BCUT2D eigenvalue weighted by molar-refractivity contribution is 7.20. The van der Waals surface area contributed by atoms with Gasteiger partial charge in [-0.05, 0) is 37.1 Å². The number of hydrogen-bond donors (Lipinski definition) is 1. The summed E-state index contributed by atoms with van der Waals surface area (Å²) in [6, 6.07) is 6.35. The Morgan fingerprint density at radius 1 is 1.12 bits per heavy atom. The van der Waals surface area contributed by atoms with Crippen molar-refractivity contribution < 1.29 is 28.6 Å². The van der Waals surface area contributed by atoms with Gasteiger partial charge in [-0.25, -0.2) is 14.6 Å². The van der Waals surface area contributed by atoms with Crippen LogP contribution in [0.5, 0.6) is 0 Å². The summed E-state index contributed by atoms with van der Waals surface area (Å²) in [6.45, 7) is 3.90. The highest BCUT2D eigenvalue weighted by atomic mass is 32.1. The molecule has 2 heterocycles. The molecule has 11 heteroatoms. The molecule has 3 aromatic rings. The van der Waals surface area contributed by atoms with Crippen LogP contribution in [-0.2, 0) is 25.5 Å². The summed E-state index contributed by atoms with van der Waals surface area (Å²) in [5.74, 6) is -1.51. The minimum atomic E-state index is -0.557. The minimum Gasteiger partial charge on any atom is -0.462 e. The summed E-state index contributed by atoms with van der Waals surface area (Å²) in [6.07, 6.45) is 1.97. The van der Waals surface area contributed by atoms with Crippen molar-refractivity contribution in [1.82, 2.24) is 9.55 Å². The standard InChI is InChI=1S/C23H25N3O7S/c1-4-8-32-22(29)15-6-5-7-16(11-15)25-17(27)12-26-13-24-20-18(21(26)28)14(2)19(34-20)23(30)33-10-9-31-3/h5-7,11,13H,4,8-10,12H2,1-3H3,(H,25,27). The van der Waals surface area contributed by atoms with E-state index < -0.39 is 23.4 Å². The summed E-state index contributed by atoms with van der Waals surface area (Å²) in [7, 11) is 1.50. The van der Waals surface area contributed by atoms with Gasteiger partial charge >= 0.3 is 11.9 Å². The Balaban J connectivity index is 1.75. The van der Waals surface area contributed by atoms with Gasteiger partial charge in [-0.1, -0.05) is 13.0 Å². The van der Waals surface area contributed by atoms with E-state index >= 15 is 0 Å². The molecule has 0 unspecified atom stereocenters. The largest absolute Gasteiger partial charge is 0.462 e. The number of esters is 2. The van der Waals surface area contributed by atoms with Crippen molar-refractivity contribution in [3.63, 3.8) is 0 Å². The Kier molecular flexibility index (Phi) is 8.50. The quantitative estimate of drug-likeness (QED) is 0.342. The highest BCUT2D eigenvalue weighted by Gasteiger charge is 2.21. The van der Waals surface area contributed by atoms with Crippen LogP contribution in [0.25, 0.3) is 10.2 Å². The molecule has 0 bridgehead atoms. The van der Waals surface area contributed by atoms with E-state index in [0.717, 1.165) is 15.9 Å². The van der Waals surface area contributed by atoms with Crippen LogP contribution in [0.15, 0.2) is 35.4 Å². The fourth-order valence-electron chi connectivity index (χ4n) is 3.11. The van der Waals surface area contributed by atoms with Crippen molar-refractivity contribution in [2.24, 2.45) is 0 Å². The highest BCUT2D eigenvalue weighted by Crippen LogP contribution is 2.27. The number of nitrogens with zero attached hydrogens (tertiary/aromatic N) is 2. The van der Waals surface area contributed by atoms with E-state index in [9.17, 15) is 19.2 Å². The zero-order valence-electron chi connectivity index (χ0n) is 19.1. The van der Waals surface area contributed by atoms with Gasteiger partial charge in [0, 0.05) is 12.8 Å². The number of carbonyl (C=O) groups excluding carboxylic acids is 3. The van der Waals surface area contributed by atoms with E-state index in [1.807, 2.05) is 6.92 Å². The number of methoxy groups -OCH3 is 1. The number of carbonyl (C=O) groups is 3. The molecule has 0 saturated carbocycles. The second-order valence-corrected chi connectivity index (χ2v) is 8.31. The van der Waals surface area contributed by atoms with Gasteiger partial charge in [0.15, 0.2) is 0 Å². The number of amides is 1. The number of thiophene rings is 1. The zero-order chi connectivity index (χ0) is 24.7. The Hall–Kier alpha value is -3.57. The summed E-state index contributed by atoms with van der Waals surface area (Å²) in [5, 5.41) is 2.93. The lowest BCUT2D eigenvalue weighted by Crippen LogP contribution is -2.28. The Morgan fingerprint density at radius 3 is 2.62 bits per heavy atom. The lowest BCUT2D eigenvalue weighted by atomic mass is 10.2. The molecule has 0 aliphatic rings. The number of anilines is 1. The first-order chi connectivity index (χ1) is 16.3. The SMILES string of the molecule is CCCOC(=O)c1cccc(NC(=O)Cn2cnc3sc(C(=O)OCCOC)c(C)c3c2=O)c1. The Bertz CT molecular complexity index is 1270. The molecule has 2 aromatic heterocycles. The van der Waals surface area contributed by atoms with Crippen molar-refractivity contribution in [3.8, 4) is 0 Å². The fourth-order valence-corrected chi connectivity index (χ4v) is 4.14. The lowest BCUT2D eigenvalue weighted by Gasteiger charge is -2.09. The summed E-state index contributed by atoms with van der Waals surface area (Å²) < 4.78 is 16.3.